The standard InChI is InChI=1S/C15H16N4O3/c20-14(17-18-15(21)13-7-4-8-22-13)12-9-16-10-19(12)11-5-2-1-3-6-11/h1-3,5-6,9-10,13H,4,7-8H2,(H,17,20)(H,18,21). The Bertz CT molecular complexity index is 662. The monoisotopic (exact) mass is 300 g/mol. The van der Waals surface area contributed by atoms with Crippen LogP contribution < -0.4 is 10.9 Å². The predicted molar refractivity (Wildman–Crippen MR) is 78.1 cm³/mol. The summed E-state index contributed by atoms with van der Waals surface area (Å²) in [6, 6.07) is 9.36. The zero-order chi connectivity index (χ0) is 15.4. The van der Waals surface area contributed by atoms with Crippen molar-refractivity contribution in [2.45, 2.75) is 18.9 Å². The van der Waals surface area contributed by atoms with Crippen LogP contribution in [0, 0.1) is 0 Å². The maximum absolute atomic E-state index is 12.2. The Labute approximate surface area is 127 Å². The second-order valence-corrected chi connectivity index (χ2v) is 4.93. The molecule has 1 saturated heterocycles. The van der Waals surface area contributed by atoms with E-state index in [9.17, 15) is 9.59 Å². The van der Waals surface area contributed by atoms with Gasteiger partial charge in [0, 0.05) is 12.3 Å². The average Bonchev–Trinajstić information content (AvgIpc) is 3.24. The molecule has 1 unspecified atom stereocenters. The molecule has 0 radical (unpaired) electrons. The van der Waals surface area contributed by atoms with E-state index in [2.05, 4.69) is 15.8 Å². The first kappa shape index (κ1) is 14.3. The van der Waals surface area contributed by atoms with Gasteiger partial charge in [0.05, 0.1) is 12.5 Å². The van der Waals surface area contributed by atoms with Crippen LogP contribution in [0.25, 0.3) is 5.69 Å². The highest BCUT2D eigenvalue weighted by Gasteiger charge is 2.24. The number of carbonyl (C=O) groups is 2. The lowest BCUT2D eigenvalue weighted by Gasteiger charge is -2.12. The first-order valence-electron chi connectivity index (χ1n) is 7.05. The Hall–Kier alpha value is -2.67. The number of nitrogens with one attached hydrogen (secondary N) is 2. The molecule has 0 aliphatic carbocycles. The Morgan fingerprint density at radius 1 is 1.23 bits per heavy atom. The van der Waals surface area contributed by atoms with Gasteiger partial charge < -0.3 is 4.74 Å². The van der Waals surface area contributed by atoms with E-state index < -0.39 is 12.0 Å². The number of para-hydroxylation sites is 1. The number of amides is 2. The maximum atomic E-state index is 12.2. The van der Waals surface area contributed by atoms with E-state index in [0.29, 0.717) is 18.7 Å². The number of benzene rings is 1. The first-order chi connectivity index (χ1) is 10.8. The molecular formula is C15H16N4O3. The molecule has 0 spiro atoms. The van der Waals surface area contributed by atoms with Crippen LogP contribution in [-0.4, -0.2) is 34.1 Å². The molecule has 7 nitrogen and oxygen atoms in total. The highest BCUT2D eigenvalue weighted by Crippen LogP contribution is 2.12. The molecule has 1 aliphatic rings. The molecule has 2 aromatic rings. The number of rotatable bonds is 3. The predicted octanol–water partition coefficient (Wildman–Crippen LogP) is 0.812. The highest BCUT2D eigenvalue weighted by molar-refractivity contribution is 5.94. The zero-order valence-electron chi connectivity index (χ0n) is 11.9. The zero-order valence-corrected chi connectivity index (χ0v) is 11.9. The van der Waals surface area contributed by atoms with E-state index >= 15 is 0 Å². The van der Waals surface area contributed by atoms with E-state index in [-0.39, 0.29) is 5.91 Å². The number of aromatic nitrogens is 2. The molecule has 114 valence electrons. The topological polar surface area (TPSA) is 85.2 Å². The average molecular weight is 300 g/mol. The van der Waals surface area contributed by atoms with Gasteiger partial charge in [0.15, 0.2) is 0 Å². The van der Waals surface area contributed by atoms with Crippen molar-refractivity contribution in [1.29, 1.82) is 0 Å². The molecule has 1 atom stereocenters. The van der Waals surface area contributed by atoms with Crippen molar-refractivity contribution in [3.8, 4) is 5.69 Å². The summed E-state index contributed by atoms with van der Waals surface area (Å²) < 4.78 is 6.90. The van der Waals surface area contributed by atoms with E-state index in [4.69, 9.17) is 4.74 Å². The fourth-order valence-corrected chi connectivity index (χ4v) is 2.30. The van der Waals surface area contributed by atoms with Crippen LogP contribution in [0.5, 0.6) is 0 Å². The van der Waals surface area contributed by atoms with E-state index in [1.165, 1.54) is 6.20 Å². The second kappa shape index (κ2) is 6.40. The molecule has 22 heavy (non-hydrogen) atoms. The smallest absolute Gasteiger partial charge is 0.288 e. The third kappa shape index (κ3) is 2.99. The van der Waals surface area contributed by atoms with Crippen molar-refractivity contribution in [2.24, 2.45) is 0 Å². The van der Waals surface area contributed by atoms with Gasteiger partial charge in [0.25, 0.3) is 11.8 Å². The van der Waals surface area contributed by atoms with Crippen molar-refractivity contribution >= 4 is 11.8 Å². The summed E-state index contributed by atoms with van der Waals surface area (Å²) in [7, 11) is 0. The molecule has 2 heterocycles. The van der Waals surface area contributed by atoms with Crippen LogP contribution in [0.4, 0.5) is 0 Å². The van der Waals surface area contributed by atoms with Gasteiger partial charge in [0.2, 0.25) is 0 Å². The van der Waals surface area contributed by atoms with Gasteiger partial charge >= 0.3 is 0 Å². The van der Waals surface area contributed by atoms with Crippen LogP contribution in [0.1, 0.15) is 23.3 Å². The molecule has 2 N–H and O–H groups in total. The summed E-state index contributed by atoms with van der Waals surface area (Å²) in [6.45, 7) is 0.576. The SMILES string of the molecule is O=C(NNC(=O)C1CCCO1)c1cncn1-c1ccccc1. The molecule has 0 bridgehead atoms. The molecular weight excluding hydrogens is 284 g/mol. The minimum atomic E-state index is -0.487. The van der Waals surface area contributed by atoms with Gasteiger partial charge in [-0.05, 0) is 25.0 Å². The van der Waals surface area contributed by atoms with Crippen molar-refractivity contribution in [1.82, 2.24) is 20.4 Å². The molecule has 3 rings (SSSR count). The number of hydrogen-bond donors (Lipinski definition) is 2. The second-order valence-electron chi connectivity index (χ2n) is 4.93. The minimum Gasteiger partial charge on any atom is -0.368 e. The summed E-state index contributed by atoms with van der Waals surface area (Å²) in [6.07, 6.45) is 4.03. The lowest BCUT2D eigenvalue weighted by Crippen LogP contribution is -2.46. The van der Waals surface area contributed by atoms with Gasteiger partial charge in [0.1, 0.15) is 11.8 Å². The number of nitrogens with zero attached hydrogens (tertiary/aromatic N) is 2. The van der Waals surface area contributed by atoms with Gasteiger partial charge in [-0.1, -0.05) is 18.2 Å². The Balaban J connectivity index is 1.66. The van der Waals surface area contributed by atoms with Gasteiger partial charge in [-0.3, -0.25) is 25.0 Å². The fourth-order valence-electron chi connectivity index (χ4n) is 2.30. The van der Waals surface area contributed by atoms with Crippen LogP contribution in [0.2, 0.25) is 0 Å². The molecule has 1 aliphatic heterocycles. The summed E-state index contributed by atoms with van der Waals surface area (Å²) in [5.74, 6) is -0.774. The number of ether oxygens (including phenoxy) is 1. The molecule has 0 saturated carbocycles. The van der Waals surface area contributed by atoms with Gasteiger partial charge in [-0.2, -0.15) is 0 Å². The van der Waals surface area contributed by atoms with Crippen LogP contribution in [0.3, 0.4) is 0 Å². The lowest BCUT2D eigenvalue weighted by molar-refractivity contribution is -0.130. The highest BCUT2D eigenvalue weighted by atomic mass is 16.5. The van der Waals surface area contributed by atoms with E-state index in [1.54, 1.807) is 10.9 Å². The first-order valence-corrected chi connectivity index (χ1v) is 7.05. The van der Waals surface area contributed by atoms with Gasteiger partial charge in [-0.25, -0.2) is 4.98 Å². The summed E-state index contributed by atoms with van der Waals surface area (Å²) >= 11 is 0. The van der Waals surface area contributed by atoms with E-state index in [0.717, 1.165) is 12.1 Å². The number of carbonyl (C=O) groups excluding carboxylic acids is 2. The molecule has 1 aromatic heterocycles. The Morgan fingerprint density at radius 2 is 2.05 bits per heavy atom. The number of hydrogen-bond acceptors (Lipinski definition) is 4. The van der Waals surface area contributed by atoms with Crippen molar-refractivity contribution in [2.75, 3.05) is 6.61 Å². The van der Waals surface area contributed by atoms with Crippen molar-refractivity contribution in [3.05, 3.63) is 48.5 Å². The summed E-state index contributed by atoms with van der Waals surface area (Å²) in [5.41, 5.74) is 5.93. The lowest BCUT2D eigenvalue weighted by atomic mass is 10.2. The third-order valence-corrected chi connectivity index (χ3v) is 3.43. The Morgan fingerprint density at radius 3 is 2.77 bits per heavy atom. The van der Waals surface area contributed by atoms with Crippen LogP contribution >= 0.6 is 0 Å². The summed E-state index contributed by atoms with van der Waals surface area (Å²) in [4.78, 5) is 28.0. The fraction of sp³-hybridized carbons (Fsp3) is 0.267. The third-order valence-electron chi connectivity index (χ3n) is 3.43. The summed E-state index contributed by atoms with van der Waals surface area (Å²) in [5, 5.41) is 0. The van der Waals surface area contributed by atoms with Crippen LogP contribution in [0.15, 0.2) is 42.9 Å². The molecule has 2 amide bonds. The van der Waals surface area contributed by atoms with Crippen LogP contribution in [-0.2, 0) is 9.53 Å². The quantitative estimate of drug-likeness (QED) is 0.822. The molecule has 7 heteroatoms. The largest absolute Gasteiger partial charge is 0.368 e. The number of imidazole rings is 1. The molecule has 1 fully saturated rings. The van der Waals surface area contributed by atoms with E-state index in [1.807, 2.05) is 30.3 Å². The van der Waals surface area contributed by atoms with Gasteiger partial charge in [-0.15, -0.1) is 0 Å². The molecule has 1 aromatic carbocycles. The normalized spacial score (nSPS) is 17.2. The minimum absolute atomic E-state index is 0.332. The van der Waals surface area contributed by atoms with Crippen molar-refractivity contribution in [3.63, 3.8) is 0 Å². The maximum Gasteiger partial charge on any atom is 0.288 e. The Kier molecular flexibility index (Phi) is 4.15. The van der Waals surface area contributed by atoms with Crippen molar-refractivity contribution < 1.29 is 14.3 Å². The number of hydrazine groups is 1.